The van der Waals surface area contributed by atoms with Gasteiger partial charge in [-0.05, 0) is 12.1 Å². The van der Waals surface area contributed by atoms with Gasteiger partial charge in [0.1, 0.15) is 0 Å². The van der Waals surface area contributed by atoms with Crippen LogP contribution >= 0.6 is 0 Å². The van der Waals surface area contributed by atoms with Crippen molar-refractivity contribution in [2.45, 2.75) is 80.1 Å². The molecule has 1 aromatic rings. The van der Waals surface area contributed by atoms with Crippen LogP contribution in [0.15, 0.2) is 24.5 Å². The minimum atomic E-state index is 0. The molecule has 0 N–H and O–H groups in total. The van der Waals surface area contributed by atoms with E-state index in [1.807, 2.05) is 36.1 Å². The molecular weight excluding hydrogens is 337 g/mol. The summed E-state index contributed by atoms with van der Waals surface area (Å²) in [7, 11) is 2.00. The molecule has 1 heterocycles. The number of aromatic nitrogens is 1. The van der Waals surface area contributed by atoms with E-state index >= 15 is 0 Å². The Morgan fingerprint density at radius 1 is 0.579 bits per heavy atom. The zero-order valence-electron chi connectivity index (χ0n) is 14.5. The first-order valence-electron chi connectivity index (χ1n) is 7.71. The van der Waals surface area contributed by atoms with E-state index in [0.717, 1.165) is 0 Å². The molecule has 1 aromatic heterocycles. The first-order chi connectivity index (χ1) is 8.64. The zero-order chi connectivity index (χ0) is 14.6. The molecule has 0 bridgehead atoms. The second-order valence-electron chi connectivity index (χ2n) is 4.35. The van der Waals surface area contributed by atoms with Crippen LogP contribution in [0.4, 0.5) is 0 Å². The van der Waals surface area contributed by atoms with Crippen molar-refractivity contribution in [3.63, 3.8) is 0 Å². The summed E-state index contributed by atoms with van der Waals surface area (Å²) in [5.74, 6) is 0. The molecule has 1 nitrogen and oxygen atoms in total. The van der Waals surface area contributed by atoms with Gasteiger partial charge >= 0.3 is 0 Å². The van der Waals surface area contributed by atoms with Gasteiger partial charge in [-0.15, -0.1) is 0 Å². The molecule has 0 aromatic carbocycles. The SMILES string of the molecule is CCCC.CCCC.CCCC.Cn1cccc1.[Sn]. The van der Waals surface area contributed by atoms with Gasteiger partial charge in [0.05, 0.1) is 0 Å². The Morgan fingerprint density at radius 2 is 0.789 bits per heavy atom. The van der Waals surface area contributed by atoms with Crippen molar-refractivity contribution in [1.82, 2.24) is 4.57 Å². The number of hydrogen-bond donors (Lipinski definition) is 0. The van der Waals surface area contributed by atoms with Crippen LogP contribution in [0.1, 0.15) is 80.1 Å². The van der Waals surface area contributed by atoms with Crippen LogP contribution in [0.25, 0.3) is 0 Å². The maximum Gasteiger partial charge on any atom is 0.0106 e. The van der Waals surface area contributed by atoms with Crippen LogP contribution in [0.2, 0.25) is 0 Å². The van der Waals surface area contributed by atoms with Gasteiger partial charge in [-0.1, -0.05) is 80.1 Å². The average molecular weight is 374 g/mol. The predicted molar refractivity (Wildman–Crippen MR) is 92.9 cm³/mol. The Bertz CT molecular complexity index is 168. The molecule has 0 amide bonds. The van der Waals surface area contributed by atoms with Crippen LogP contribution in [0.5, 0.6) is 0 Å². The first kappa shape index (κ1) is 27.4. The van der Waals surface area contributed by atoms with E-state index in [-0.39, 0.29) is 23.9 Å². The number of aryl methyl sites for hydroxylation is 1. The molecule has 0 aliphatic carbocycles. The van der Waals surface area contributed by atoms with Crippen LogP contribution in [-0.4, -0.2) is 28.5 Å². The third kappa shape index (κ3) is 46.0. The van der Waals surface area contributed by atoms with E-state index in [4.69, 9.17) is 0 Å². The molecule has 2 heteroatoms. The molecule has 0 unspecified atom stereocenters. The van der Waals surface area contributed by atoms with E-state index in [1.165, 1.54) is 38.5 Å². The fourth-order valence-electron chi connectivity index (χ4n) is 0.421. The summed E-state index contributed by atoms with van der Waals surface area (Å²) in [6, 6.07) is 4.00. The Balaban J connectivity index is -0.0000000796. The number of unbranched alkanes of at least 4 members (excludes halogenated alkanes) is 3. The maximum absolute atomic E-state index is 2.18. The molecule has 0 atom stereocenters. The van der Waals surface area contributed by atoms with Gasteiger partial charge in [0, 0.05) is 43.3 Å². The minimum absolute atomic E-state index is 0. The van der Waals surface area contributed by atoms with Crippen molar-refractivity contribution < 1.29 is 0 Å². The standard InChI is InChI=1S/C5H7N.3C4H10.Sn/c1-6-4-2-3-5-6;3*1-3-4-2;/h2-5H,1H3;3*3-4H2,1-2H3;. The number of nitrogens with zero attached hydrogens (tertiary/aromatic N) is 1. The van der Waals surface area contributed by atoms with Crippen molar-refractivity contribution in [3.05, 3.63) is 24.5 Å². The molecule has 1 rings (SSSR count). The molecule has 4 radical (unpaired) electrons. The van der Waals surface area contributed by atoms with Crippen LogP contribution < -0.4 is 0 Å². The van der Waals surface area contributed by atoms with Gasteiger partial charge in [0.2, 0.25) is 0 Å². The second-order valence-corrected chi connectivity index (χ2v) is 4.35. The van der Waals surface area contributed by atoms with Crippen LogP contribution in [0.3, 0.4) is 0 Å². The summed E-state index contributed by atoms with van der Waals surface area (Å²) in [6.45, 7) is 13.1. The molecule has 0 fully saturated rings. The zero-order valence-corrected chi connectivity index (χ0v) is 17.4. The van der Waals surface area contributed by atoms with Crippen LogP contribution in [0, 0.1) is 0 Å². The normalized spacial score (nSPS) is 7.53. The minimum Gasteiger partial charge on any atom is -0.357 e. The molecule has 0 spiro atoms. The summed E-state index contributed by atoms with van der Waals surface area (Å²) in [5.41, 5.74) is 0. The third-order valence-electron chi connectivity index (χ3n) is 2.25. The van der Waals surface area contributed by atoms with Crippen LogP contribution in [-0.2, 0) is 7.05 Å². The van der Waals surface area contributed by atoms with Gasteiger partial charge in [-0.2, -0.15) is 0 Å². The first-order valence-corrected chi connectivity index (χ1v) is 7.71. The summed E-state index contributed by atoms with van der Waals surface area (Å²) in [4.78, 5) is 0. The van der Waals surface area contributed by atoms with E-state index in [9.17, 15) is 0 Å². The van der Waals surface area contributed by atoms with Crippen molar-refractivity contribution in [2.24, 2.45) is 7.05 Å². The van der Waals surface area contributed by atoms with Crippen molar-refractivity contribution >= 4 is 23.9 Å². The predicted octanol–water partition coefficient (Wildman–Crippen LogP) is 6.06. The number of hydrogen-bond acceptors (Lipinski definition) is 0. The van der Waals surface area contributed by atoms with Crippen molar-refractivity contribution in [3.8, 4) is 0 Å². The van der Waals surface area contributed by atoms with Gasteiger partial charge in [0.15, 0.2) is 0 Å². The topological polar surface area (TPSA) is 4.93 Å². The maximum atomic E-state index is 2.18. The van der Waals surface area contributed by atoms with Gasteiger partial charge in [0.25, 0.3) is 0 Å². The van der Waals surface area contributed by atoms with Gasteiger partial charge in [-0.25, -0.2) is 0 Å². The fraction of sp³-hybridized carbons (Fsp3) is 0.765. The van der Waals surface area contributed by atoms with E-state index in [1.54, 1.807) is 0 Å². The average Bonchev–Trinajstić information content (AvgIpc) is 2.90. The summed E-state index contributed by atoms with van der Waals surface area (Å²) >= 11 is 0. The molecule has 0 saturated heterocycles. The Hall–Kier alpha value is 0.0787. The Morgan fingerprint density at radius 3 is 0.842 bits per heavy atom. The number of rotatable bonds is 3. The van der Waals surface area contributed by atoms with E-state index in [2.05, 4.69) is 41.5 Å². The monoisotopic (exact) mass is 375 g/mol. The van der Waals surface area contributed by atoms with E-state index < -0.39 is 0 Å². The summed E-state index contributed by atoms with van der Waals surface area (Å²) < 4.78 is 2.00. The van der Waals surface area contributed by atoms with E-state index in [0.29, 0.717) is 0 Å². The molecular formula is C17H37NSn. The quantitative estimate of drug-likeness (QED) is 0.567. The molecule has 19 heavy (non-hydrogen) atoms. The second kappa shape index (κ2) is 30.8. The summed E-state index contributed by atoms with van der Waals surface area (Å²) in [6.07, 6.45) is 11.9. The largest absolute Gasteiger partial charge is 0.357 e. The van der Waals surface area contributed by atoms with Crippen molar-refractivity contribution in [1.29, 1.82) is 0 Å². The molecule has 114 valence electrons. The summed E-state index contributed by atoms with van der Waals surface area (Å²) in [5, 5.41) is 0. The Labute approximate surface area is 140 Å². The fourth-order valence-corrected chi connectivity index (χ4v) is 0.421. The van der Waals surface area contributed by atoms with Gasteiger partial charge < -0.3 is 4.57 Å². The molecule has 0 aliphatic rings. The Kier molecular flexibility index (Phi) is 44.5. The molecule has 0 saturated carbocycles. The van der Waals surface area contributed by atoms with Gasteiger partial charge in [-0.3, -0.25) is 0 Å². The molecule has 0 aliphatic heterocycles. The third-order valence-corrected chi connectivity index (χ3v) is 2.25. The van der Waals surface area contributed by atoms with Crippen molar-refractivity contribution in [2.75, 3.05) is 0 Å². The smallest absolute Gasteiger partial charge is 0.0106 e.